The molecule has 0 saturated heterocycles. The Hall–Kier alpha value is -2.49. The van der Waals surface area contributed by atoms with Crippen LogP contribution in [0.5, 0.6) is 0 Å². The first-order chi connectivity index (χ1) is 12.4. The van der Waals surface area contributed by atoms with Crippen LogP contribution in [0.3, 0.4) is 0 Å². The second-order valence-corrected chi connectivity index (χ2v) is 6.95. The minimum atomic E-state index is -0.871. The Morgan fingerprint density at radius 3 is 2.85 bits per heavy atom. The number of carbonyl (C=O) groups excluding carboxylic acids is 3. The summed E-state index contributed by atoms with van der Waals surface area (Å²) in [6.07, 6.45) is -0.115. The van der Waals surface area contributed by atoms with E-state index in [1.165, 1.54) is 12.1 Å². The third-order valence-corrected chi connectivity index (χ3v) is 4.46. The summed E-state index contributed by atoms with van der Waals surface area (Å²) in [7, 11) is 0. The van der Waals surface area contributed by atoms with E-state index in [0.717, 1.165) is 9.64 Å². The van der Waals surface area contributed by atoms with Gasteiger partial charge in [-0.15, -0.1) is 0 Å². The first kappa shape index (κ1) is 18.3. The van der Waals surface area contributed by atoms with Crippen LogP contribution in [0.4, 0.5) is 15.8 Å². The van der Waals surface area contributed by atoms with Crippen molar-refractivity contribution in [2.24, 2.45) is 0 Å². The molecular weight excluding hydrogens is 454 g/mol. The average molecular weight is 468 g/mol. The highest BCUT2D eigenvalue weighted by molar-refractivity contribution is 14.1. The van der Waals surface area contributed by atoms with Crippen molar-refractivity contribution in [1.82, 2.24) is 0 Å². The molecule has 8 heteroatoms. The summed E-state index contributed by atoms with van der Waals surface area (Å²) < 4.78 is 19.3. The number of anilines is 2. The van der Waals surface area contributed by atoms with Crippen LogP contribution >= 0.6 is 22.6 Å². The number of hydrogen-bond acceptors (Lipinski definition) is 4. The molecule has 2 amide bonds. The number of fused-ring (bicyclic) bond motifs is 1. The van der Waals surface area contributed by atoms with Gasteiger partial charge in [0, 0.05) is 21.4 Å². The van der Waals surface area contributed by atoms with Crippen molar-refractivity contribution in [2.45, 2.75) is 12.3 Å². The van der Waals surface area contributed by atoms with Crippen molar-refractivity contribution in [3.63, 3.8) is 0 Å². The molecule has 0 aromatic heterocycles. The predicted octanol–water partition coefficient (Wildman–Crippen LogP) is 3.04. The predicted molar refractivity (Wildman–Crippen MR) is 101 cm³/mol. The van der Waals surface area contributed by atoms with Gasteiger partial charge in [0.25, 0.3) is 5.91 Å². The van der Waals surface area contributed by atoms with Crippen molar-refractivity contribution >= 4 is 51.7 Å². The van der Waals surface area contributed by atoms with E-state index in [4.69, 9.17) is 4.74 Å². The maximum absolute atomic E-state index is 13.3. The van der Waals surface area contributed by atoms with E-state index < -0.39 is 36.1 Å². The number of rotatable bonds is 4. The van der Waals surface area contributed by atoms with Crippen LogP contribution in [-0.2, 0) is 19.1 Å². The summed E-state index contributed by atoms with van der Waals surface area (Å²) >= 11 is 2.12. The van der Waals surface area contributed by atoms with Crippen molar-refractivity contribution < 1.29 is 23.5 Å². The molecule has 1 aliphatic rings. The van der Waals surface area contributed by atoms with E-state index in [0.29, 0.717) is 11.3 Å². The highest BCUT2D eigenvalue weighted by Gasteiger charge is 2.32. The Labute approximate surface area is 162 Å². The van der Waals surface area contributed by atoms with E-state index in [9.17, 15) is 18.8 Å². The van der Waals surface area contributed by atoms with Crippen LogP contribution in [0, 0.1) is 9.39 Å². The molecule has 1 aliphatic heterocycles. The second-order valence-electron chi connectivity index (χ2n) is 5.70. The average Bonchev–Trinajstić information content (AvgIpc) is 2.58. The summed E-state index contributed by atoms with van der Waals surface area (Å²) in [5, 5.41) is 5.15. The molecular formula is C18H14FIN2O4. The minimum absolute atomic E-state index is 0.115. The van der Waals surface area contributed by atoms with Gasteiger partial charge < -0.3 is 15.4 Å². The third-order valence-electron chi connectivity index (χ3n) is 3.79. The van der Waals surface area contributed by atoms with Crippen LogP contribution < -0.4 is 10.6 Å². The third kappa shape index (κ3) is 4.37. The number of nitrogens with one attached hydrogen (secondary N) is 2. The molecule has 2 aromatic carbocycles. The molecule has 1 heterocycles. The number of esters is 1. The summed E-state index contributed by atoms with van der Waals surface area (Å²) in [5.41, 5.74) is 1.30. The van der Waals surface area contributed by atoms with Crippen molar-refractivity contribution in [3.8, 4) is 0 Å². The molecule has 0 spiro atoms. The van der Waals surface area contributed by atoms with Gasteiger partial charge in [-0.3, -0.25) is 14.4 Å². The molecule has 0 radical (unpaired) electrons. The van der Waals surface area contributed by atoms with E-state index in [2.05, 4.69) is 33.2 Å². The largest absolute Gasteiger partial charge is 0.455 e. The van der Waals surface area contributed by atoms with Crippen LogP contribution in [0.2, 0.25) is 0 Å². The molecule has 2 aromatic rings. The molecule has 1 unspecified atom stereocenters. The Morgan fingerprint density at radius 1 is 1.27 bits per heavy atom. The second kappa shape index (κ2) is 7.81. The van der Waals surface area contributed by atoms with Crippen molar-refractivity contribution in [2.75, 3.05) is 17.2 Å². The maximum atomic E-state index is 13.3. The summed E-state index contributed by atoms with van der Waals surface area (Å²) in [5.74, 6) is -2.99. The lowest BCUT2D eigenvalue weighted by Gasteiger charge is -2.24. The van der Waals surface area contributed by atoms with Crippen LogP contribution in [0.15, 0.2) is 42.5 Å². The number of ether oxygens (including phenoxy) is 1. The number of amides is 2. The van der Waals surface area contributed by atoms with Gasteiger partial charge in [0.1, 0.15) is 5.82 Å². The number of hydrogen-bond donors (Lipinski definition) is 2. The maximum Gasteiger partial charge on any atom is 0.314 e. The molecule has 3 rings (SSSR count). The molecule has 0 aliphatic carbocycles. The highest BCUT2D eigenvalue weighted by atomic mass is 127. The Morgan fingerprint density at radius 2 is 2.08 bits per heavy atom. The molecule has 6 nitrogen and oxygen atoms in total. The lowest BCUT2D eigenvalue weighted by Crippen LogP contribution is -2.30. The molecule has 0 bridgehead atoms. The summed E-state index contributed by atoms with van der Waals surface area (Å²) in [4.78, 5) is 36.0. The zero-order valence-electron chi connectivity index (χ0n) is 13.4. The SMILES string of the molecule is O=C(COC(=O)C1CC(=O)Nc2cc(F)ccc21)Nc1cccc(I)c1. The van der Waals surface area contributed by atoms with Gasteiger partial charge in [-0.1, -0.05) is 12.1 Å². The summed E-state index contributed by atoms with van der Waals surface area (Å²) in [6.45, 7) is -0.473. The zero-order chi connectivity index (χ0) is 18.7. The fourth-order valence-corrected chi connectivity index (χ4v) is 3.19. The monoisotopic (exact) mass is 468 g/mol. The smallest absolute Gasteiger partial charge is 0.314 e. The van der Waals surface area contributed by atoms with Crippen LogP contribution in [0.1, 0.15) is 17.9 Å². The molecule has 0 fully saturated rings. The Kier molecular flexibility index (Phi) is 5.50. The van der Waals surface area contributed by atoms with E-state index in [1.807, 2.05) is 6.07 Å². The van der Waals surface area contributed by atoms with Gasteiger partial charge in [-0.25, -0.2) is 4.39 Å². The standard InChI is InChI=1S/C18H14FIN2O4/c19-10-4-5-13-14(8-16(23)22-15(13)6-10)18(25)26-9-17(24)21-12-3-1-2-11(20)7-12/h1-7,14H,8-9H2,(H,21,24)(H,22,23). The molecule has 0 saturated carbocycles. The minimum Gasteiger partial charge on any atom is -0.455 e. The van der Waals surface area contributed by atoms with Crippen LogP contribution in [0.25, 0.3) is 0 Å². The lowest BCUT2D eigenvalue weighted by molar-refractivity contribution is -0.149. The number of benzene rings is 2. The highest BCUT2D eigenvalue weighted by Crippen LogP contribution is 2.33. The van der Waals surface area contributed by atoms with Gasteiger partial charge >= 0.3 is 5.97 Å². The van der Waals surface area contributed by atoms with Crippen LogP contribution in [-0.4, -0.2) is 24.4 Å². The molecule has 1 atom stereocenters. The lowest BCUT2D eigenvalue weighted by atomic mass is 9.90. The van der Waals surface area contributed by atoms with Crippen molar-refractivity contribution in [3.05, 3.63) is 57.4 Å². The first-order valence-corrected chi connectivity index (χ1v) is 8.81. The Balaban J connectivity index is 1.63. The van der Waals surface area contributed by atoms with E-state index in [1.54, 1.807) is 18.2 Å². The number of halogens is 2. The normalized spacial score (nSPS) is 15.6. The quantitative estimate of drug-likeness (QED) is 0.534. The van der Waals surface area contributed by atoms with Gasteiger partial charge in [0.05, 0.1) is 5.92 Å². The van der Waals surface area contributed by atoms with Gasteiger partial charge in [-0.2, -0.15) is 0 Å². The first-order valence-electron chi connectivity index (χ1n) is 7.74. The molecule has 2 N–H and O–H groups in total. The van der Waals surface area contributed by atoms with Gasteiger partial charge in [0.15, 0.2) is 6.61 Å². The van der Waals surface area contributed by atoms with E-state index in [-0.39, 0.29) is 12.1 Å². The molecule has 134 valence electrons. The number of carbonyl (C=O) groups is 3. The summed E-state index contributed by atoms with van der Waals surface area (Å²) in [6, 6.07) is 11.0. The fourth-order valence-electron chi connectivity index (χ4n) is 2.65. The topological polar surface area (TPSA) is 84.5 Å². The fraction of sp³-hybridized carbons (Fsp3) is 0.167. The van der Waals surface area contributed by atoms with Crippen molar-refractivity contribution in [1.29, 1.82) is 0 Å². The van der Waals surface area contributed by atoms with E-state index >= 15 is 0 Å². The van der Waals surface area contributed by atoms with Gasteiger partial charge in [0.2, 0.25) is 5.91 Å². The Bertz CT molecular complexity index is 887. The zero-order valence-corrected chi connectivity index (χ0v) is 15.6. The molecule has 26 heavy (non-hydrogen) atoms. The van der Waals surface area contributed by atoms with Gasteiger partial charge in [-0.05, 0) is 58.5 Å².